The predicted octanol–water partition coefficient (Wildman–Crippen LogP) is 4.48. The average molecular weight is 287 g/mol. The molecule has 2 rings (SSSR count). The van der Waals surface area contributed by atoms with E-state index in [-0.39, 0.29) is 0 Å². The third-order valence-corrected chi connectivity index (χ3v) is 3.50. The van der Waals surface area contributed by atoms with E-state index in [0.29, 0.717) is 12.5 Å². The Labute approximate surface area is 127 Å². The van der Waals surface area contributed by atoms with Crippen molar-refractivity contribution in [1.82, 2.24) is 5.32 Å². The van der Waals surface area contributed by atoms with E-state index >= 15 is 0 Å². The molecule has 0 atom stereocenters. The second kappa shape index (κ2) is 7.89. The van der Waals surface area contributed by atoms with Crippen molar-refractivity contribution in [1.29, 1.82) is 0 Å². The molecule has 1 heterocycles. The number of hydrogen-bond donors (Lipinski definition) is 1. The molecule has 0 aliphatic rings. The Kier molecular flexibility index (Phi) is 5.88. The van der Waals surface area contributed by atoms with Crippen molar-refractivity contribution in [3.05, 3.63) is 53.5 Å². The van der Waals surface area contributed by atoms with Crippen molar-refractivity contribution in [2.75, 3.05) is 6.54 Å². The molecule has 1 aromatic carbocycles. The van der Waals surface area contributed by atoms with Crippen LogP contribution in [-0.2, 0) is 13.2 Å². The normalized spacial score (nSPS) is 11.0. The maximum atomic E-state index is 5.81. The van der Waals surface area contributed by atoms with Gasteiger partial charge in [-0.15, -0.1) is 0 Å². The van der Waals surface area contributed by atoms with Crippen LogP contribution < -0.4 is 10.1 Å². The number of ether oxygens (including phenoxy) is 1. The van der Waals surface area contributed by atoms with Crippen molar-refractivity contribution in [3.8, 4) is 5.75 Å². The lowest BCUT2D eigenvalue weighted by Gasteiger charge is -2.09. The molecule has 3 nitrogen and oxygen atoms in total. The molecule has 0 aliphatic heterocycles. The number of rotatable bonds is 8. The summed E-state index contributed by atoms with van der Waals surface area (Å²) in [7, 11) is 0. The summed E-state index contributed by atoms with van der Waals surface area (Å²) in [6, 6.07) is 10.3. The molecule has 1 N–H and O–H groups in total. The molecule has 0 bridgehead atoms. The van der Waals surface area contributed by atoms with Gasteiger partial charge >= 0.3 is 0 Å². The van der Waals surface area contributed by atoms with Gasteiger partial charge in [-0.05, 0) is 42.6 Å². The van der Waals surface area contributed by atoms with Gasteiger partial charge in [0.25, 0.3) is 0 Å². The van der Waals surface area contributed by atoms with Crippen molar-refractivity contribution in [3.63, 3.8) is 0 Å². The third kappa shape index (κ3) is 4.64. The van der Waals surface area contributed by atoms with Crippen LogP contribution in [0, 0.1) is 0 Å². The van der Waals surface area contributed by atoms with E-state index in [9.17, 15) is 0 Å². The molecule has 0 unspecified atom stereocenters. The smallest absolute Gasteiger partial charge is 0.146 e. The van der Waals surface area contributed by atoms with Gasteiger partial charge in [0.2, 0.25) is 0 Å². The van der Waals surface area contributed by atoms with Gasteiger partial charge < -0.3 is 14.5 Å². The van der Waals surface area contributed by atoms with Crippen LogP contribution in [0.1, 0.15) is 50.0 Å². The molecule has 0 aliphatic carbocycles. The zero-order chi connectivity index (χ0) is 15.1. The van der Waals surface area contributed by atoms with Crippen LogP contribution in [0.4, 0.5) is 0 Å². The van der Waals surface area contributed by atoms with Gasteiger partial charge in [-0.25, -0.2) is 0 Å². The van der Waals surface area contributed by atoms with Gasteiger partial charge in [0, 0.05) is 12.1 Å². The minimum atomic E-state index is 0.469. The van der Waals surface area contributed by atoms with Crippen molar-refractivity contribution < 1.29 is 9.15 Å². The summed E-state index contributed by atoms with van der Waals surface area (Å²) >= 11 is 0. The van der Waals surface area contributed by atoms with Gasteiger partial charge in [0.1, 0.15) is 18.1 Å². The summed E-state index contributed by atoms with van der Waals surface area (Å²) in [5.41, 5.74) is 2.49. The Hall–Kier alpha value is -1.74. The zero-order valence-electron chi connectivity index (χ0n) is 13.2. The topological polar surface area (TPSA) is 34.4 Å². The highest BCUT2D eigenvalue weighted by molar-refractivity contribution is 5.29. The van der Waals surface area contributed by atoms with Crippen LogP contribution >= 0.6 is 0 Å². The molecule has 0 radical (unpaired) electrons. The highest BCUT2D eigenvalue weighted by atomic mass is 16.5. The molecule has 0 saturated carbocycles. The Bertz CT molecular complexity index is 528. The Morgan fingerprint density at radius 1 is 1.14 bits per heavy atom. The second-order valence-electron chi connectivity index (χ2n) is 5.56. The summed E-state index contributed by atoms with van der Waals surface area (Å²) in [6.45, 7) is 8.85. The number of furan rings is 1. The molecule has 0 fully saturated rings. The lowest BCUT2D eigenvalue weighted by Crippen LogP contribution is -2.14. The van der Waals surface area contributed by atoms with E-state index in [4.69, 9.17) is 9.15 Å². The van der Waals surface area contributed by atoms with Crippen molar-refractivity contribution in [2.45, 2.75) is 46.3 Å². The van der Waals surface area contributed by atoms with E-state index in [1.54, 1.807) is 6.26 Å². The Balaban J connectivity index is 1.89. The Morgan fingerprint density at radius 2 is 1.90 bits per heavy atom. The molecule has 1 aromatic heterocycles. The van der Waals surface area contributed by atoms with E-state index in [0.717, 1.165) is 31.0 Å². The lowest BCUT2D eigenvalue weighted by molar-refractivity contribution is 0.268. The maximum absolute atomic E-state index is 5.81. The highest BCUT2D eigenvalue weighted by Crippen LogP contribution is 2.20. The maximum Gasteiger partial charge on any atom is 0.146 e. The summed E-state index contributed by atoms with van der Waals surface area (Å²) in [4.78, 5) is 0. The van der Waals surface area contributed by atoms with Gasteiger partial charge in [-0.2, -0.15) is 0 Å². The molecular weight excluding hydrogens is 262 g/mol. The minimum Gasteiger partial charge on any atom is -0.486 e. The lowest BCUT2D eigenvalue weighted by atomic mass is 10.0. The van der Waals surface area contributed by atoms with E-state index in [2.05, 4.69) is 38.2 Å². The molecule has 0 spiro atoms. The first-order chi connectivity index (χ1) is 10.2. The Morgan fingerprint density at radius 3 is 2.57 bits per heavy atom. The first-order valence-electron chi connectivity index (χ1n) is 7.69. The van der Waals surface area contributed by atoms with Gasteiger partial charge in [-0.1, -0.05) is 32.9 Å². The molecule has 0 saturated heterocycles. The summed E-state index contributed by atoms with van der Waals surface area (Å²) in [5, 5.41) is 3.38. The average Bonchev–Trinajstić information content (AvgIpc) is 2.93. The summed E-state index contributed by atoms with van der Waals surface area (Å²) in [5.74, 6) is 2.31. The van der Waals surface area contributed by atoms with E-state index in [1.807, 2.05) is 18.2 Å². The first kappa shape index (κ1) is 15.6. The quantitative estimate of drug-likeness (QED) is 0.727. The highest BCUT2D eigenvalue weighted by Gasteiger charge is 2.07. The van der Waals surface area contributed by atoms with Crippen LogP contribution in [0.2, 0.25) is 0 Å². The van der Waals surface area contributed by atoms with Gasteiger partial charge in [0.05, 0.1) is 6.26 Å². The first-order valence-corrected chi connectivity index (χ1v) is 7.69. The SMILES string of the molecule is CCCNCc1ccoc1COc1ccc(C(C)C)cc1. The zero-order valence-corrected chi connectivity index (χ0v) is 13.2. The van der Waals surface area contributed by atoms with Crippen LogP contribution in [-0.4, -0.2) is 6.54 Å². The van der Waals surface area contributed by atoms with Crippen molar-refractivity contribution >= 4 is 0 Å². The van der Waals surface area contributed by atoms with Crippen LogP contribution in [0.3, 0.4) is 0 Å². The minimum absolute atomic E-state index is 0.469. The molecule has 2 aromatic rings. The van der Waals surface area contributed by atoms with Crippen LogP contribution in [0.5, 0.6) is 5.75 Å². The molecule has 0 amide bonds. The second-order valence-corrected chi connectivity index (χ2v) is 5.56. The number of nitrogens with one attached hydrogen (secondary N) is 1. The fourth-order valence-corrected chi connectivity index (χ4v) is 2.15. The fourth-order valence-electron chi connectivity index (χ4n) is 2.15. The monoisotopic (exact) mass is 287 g/mol. The van der Waals surface area contributed by atoms with E-state index < -0.39 is 0 Å². The van der Waals surface area contributed by atoms with Crippen LogP contribution in [0.15, 0.2) is 41.0 Å². The number of benzene rings is 1. The predicted molar refractivity (Wildman–Crippen MR) is 85.6 cm³/mol. The summed E-state index contributed by atoms with van der Waals surface area (Å²) in [6.07, 6.45) is 2.86. The third-order valence-electron chi connectivity index (χ3n) is 3.50. The molecule has 3 heteroatoms. The van der Waals surface area contributed by atoms with Crippen molar-refractivity contribution in [2.24, 2.45) is 0 Å². The largest absolute Gasteiger partial charge is 0.486 e. The summed E-state index contributed by atoms with van der Waals surface area (Å²) < 4.78 is 11.3. The van der Waals surface area contributed by atoms with E-state index in [1.165, 1.54) is 11.1 Å². The standard InChI is InChI=1S/C18H25NO2/c1-4-10-19-12-16-9-11-20-18(16)13-21-17-7-5-15(6-8-17)14(2)3/h5-9,11,14,19H,4,10,12-13H2,1-3H3. The van der Waals surface area contributed by atoms with Gasteiger partial charge in [-0.3, -0.25) is 0 Å². The number of hydrogen-bond acceptors (Lipinski definition) is 3. The fraction of sp³-hybridized carbons (Fsp3) is 0.444. The molecule has 114 valence electrons. The molecule has 21 heavy (non-hydrogen) atoms. The van der Waals surface area contributed by atoms with Crippen LogP contribution in [0.25, 0.3) is 0 Å². The molecular formula is C18H25NO2. The van der Waals surface area contributed by atoms with Gasteiger partial charge in [0.15, 0.2) is 0 Å².